The first-order chi connectivity index (χ1) is 12.9. The van der Waals surface area contributed by atoms with Gasteiger partial charge in [0.25, 0.3) is 5.91 Å². The molecule has 1 aliphatic carbocycles. The predicted octanol–water partition coefficient (Wildman–Crippen LogP) is 3.51. The average molecular weight is 419 g/mol. The van der Waals surface area contributed by atoms with Crippen LogP contribution in [0.2, 0.25) is 5.02 Å². The smallest absolute Gasteiger partial charge is 0.304 e. The number of carbonyl (C=O) groups is 1. The number of benzene rings is 1. The summed E-state index contributed by atoms with van der Waals surface area (Å²) in [7, 11) is -4.00. The van der Waals surface area contributed by atoms with Crippen LogP contribution in [-0.4, -0.2) is 38.3 Å². The Bertz CT molecular complexity index is 791. The Morgan fingerprint density at radius 3 is 2.52 bits per heavy atom. The van der Waals surface area contributed by atoms with Gasteiger partial charge in [-0.15, -0.1) is 0 Å². The zero-order chi connectivity index (χ0) is 19.4. The van der Waals surface area contributed by atoms with E-state index in [0.717, 1.165) is 44.2 Å². The zero-order valence-corrected chi connectivity index (χ0v) is 16.6. The third-order valence-corrected chi connectivity index (χ3v) is 6.88. The van der Waals surface area contributed by atoms with Crippen LogP contribution >= 0.6 is 11.6 Å². The summed E-state index contributed by atoms with van der Waals surface area (Å²) in [5.41, 5.74) is -0.422. The zero-order valence-electron chi connectivity index (χ0n) is 15.0. The van der Waals surface area contributed by atoms with Crippen LogP contribution in [0.1, 0.15) is 55.3 Å². The van der Waals surface area contributed by atoms with Crippen molar-refractivity contribution in [1.82, 2.24) is 9.03 Å². The number of halogens is 2. The standard InChI is InChI=1S/C18H24ClFN2O4S/c19-15-10-14(16(20)11-17(15)26-12-13-6-2-3-7-13)18(23)21-27(24,25)22-8-4-1-5-9-22/h10-11,13H,1-9,12H2,(H,21,23). The largest absolute Gasteiger partial charge is 0.492 e. The molecule has 0 bridgehead atoms. The highest BCUT2D eigenvalue weighted by molar-refractivity contribution is 7.87. The molecular weight excluding hydrogens is 395 g/mol. The van der Waals surface area contributed by atoms with Crippen molar-refractivity contribution in [2.75, 3.05) is 19.7 Å². The molecule has 0 radical (unpaired) electrons. The molecule has 9 heteroatoms. The van der Waals surface area contributed by atoms with Crippen molar-refractivity contribution in [3.05, 3.63) is 28.5 Å². The van der Waals surface area contributed by atoms with Crippen LogP contribution in [0.3, 0.4) is 0 Å². The van der Waals surface area contributed by atoms with Gasteiger partial charge in [0, 0.05) is 19.2 Å². The maximum absolute atomic E-state index is 14.4. The fourth-order valence-corrected chi connectivity index (χ4v) is 4.97. The molecule has 0 unspecified atom stereocenters. The van der Waals surface area contributed by atoms with Crippen molar-refractivity contribution >= 4 is 27.7 Å². The van der Waals surface area contributed by atoms with Crippen molar-refractivity contribution in [2.45, 2.75) is 44.9 Å². The fourth-order valence-electron chi connectivity index (χ4n) is 3.54. The monoisotopic (exact) mass is 418 g/mol. The number of amides is 1. The first kappa shape index (κ1) is 20.4. The van der Waals surface area contributed by atoms with Crippen LogP contribution in [0.25, 0.3) is 0 Å². The number of nitrogens with zero attached hydrogens (tertiary/aromatic N) is 1. The van der Waals surface area contributed by atoms with Gasteiger partial charge in [-0.2, -0.15) is 12.7 Å². The van der Waals surface area contributed by atoms with Crippen molar-refractivity contribution < 1.29 is 22.3 Å². The van der Waals surface area contributed by atoms with E-state index in [4.69, 9.17) is 16.3 Å². The van der Waals surface area contributed by atoms with Gasteiger partial charge in [0.05, 0.1) is 17.2 Å². The number of hydrogen-bond acceptors (Lipinski definition) is 4. The normalized spacial score (nSPS) is 19.2. The molecule has 0 atom stereocenters. The maximum Gasteiger partial charge on any atom is 0.304 e. The maximum atomic E-state index is 14.4. The highest BCUT2D eigenvalue weighted by atomic mass is 35.5. The Morgan fingerprint density at radius 2 is 1.85 bits per heavy atom. The number of nitrogens with one attached hydrogen (secondary N) is 1. The highest BCUT2D eigenvalue weighted by Crippen LogP contribution is 2.31. The van der Waals surface area contributed by atoms with E-state index in [2.05, 4.69) is 0 Å². The lowest BCUT2D eigenvalue weighted by molar-refractivity contribution is 0.0974. The number of hydrogen-bond donors (Lipinski definition) is 1. The van der Waals surface area contributed by atoms with E-state index < -0.39 is 27.5 Å². The molecular formula is C18H24ClFN2O4S. The van der Waals surface area contributed by atoms with E-state index in [1.165, 1.54) is 17.1 Å². The minimum Gasteiger partial charge on any atom is -0.492 e. The summed E-state index contributed by atoms with van der Waals surface area (Å²) in [5.74, 6) is -1.31. The van der Waals surface area contributed by atoms with Crippen molar-refractivity contribution in [3.8, 4) is 5.75 Å². The second-order valence-electron chi connectivity index (χ2n) is 7.12. The summed E-state index contributed by atoms with van der Waals surface area (Å²) in [6.07, 6.45) is 6.92. The van der Waals surface area contributed by atoms with Gasteiger partial charge >= 0.3 is 10.2 Å². The molecule has 1 N–H and O–H groups in total. The number of ether oxygens (including phenoxy) is 1. The minimum atomic E-state index is -4.00. The van der Waals surface area contributed by atoms with Gasteiger partial charge < -0.3 is 4.74 Å². The number of rotatable bonds is 6. The second kappa shape index (κ2) is 8.75. The molecule has 0 spiro atoms. The number of piperidine rings is 1. The molecule has 1 aromatic rings. The van der Waals surface area contributed by atoms with Gasteiger partial charge in [-0.3, -0.25) is 4.79 Å². The van der Waals surface area contributed by atoms with Crippen molar-refractivity contribution in [1.29, 1.82) is 0 Å². The van der Waals surface area contributed by atoms with Crippen LogP contribution in [0.5, 0.6) is 5.75 Å². The SMILES string of the molecule is O=C(NS(=O)(=O)N1CCCCC1)c1cc(Cl)c(OCC2CCCC2)cc1F. The Kier molecular flexibility index (Phi) is 6.60. The fraction of sp³-hybridized carbons (Fsp3) is 0.611. The average Bonchev–Trinajstić information content (AvgIpc) is 3.16. The van der Waals surface area contributed by atoms with Gasteiger partial charge in [0.1, 0.15) is 11.6 Å². The summed E-state index contributed by atoms with van der Waals surface area (Å²) >= 11 is 6.12. The van der Waals surface area contributed by atoms with E-state index in [1.807, 2.05) is 4.72 Å². The lowest BCUT2D eigenvalue weighted by Crippen LogP contribution is -2.45. The van der Waals surface area contributed by atoms with Crippen LogP contribution < -0.4 is 9.46 Å². The molecule has 27 heavy (non-hydrogen) atoms. The summed E-state index contributed by atoms with van der Waals surface area (Å²) in [6, 6.07) is 2.15. The van der Waals surface area contributed by atoms with E-state index in [-0.39, 0.29) is 10.8 Å². The van der Waals surface area contributed by atoms with Crippen molar-refractivity contribution in [2.24, 2.45) is 5.92 Å². The topological polar surface area (TPSA) is 75.7 Å². The lowest BCUT2D eigenvalue weighted by Gasteiger charge is -2.25. The van der Waals surface area contributed by atoms with E-state index >= 15 is 0 Å². The molecule has 1 saturated carbocycles. The van der Waals surface area contributed by atoms with Gasteiger partial charge in [0.15, 0.2) is 0 Å². The molecule has 1 heterocycles. The Hall–Kier alpha value is -1.38. The third kappa shape index (κ3) is 5.12. The molecule has 6 nitrogen and oxygen atoms in total. The van der Waals surface area contributed by atoms with E-state index in [9.17, 15) is 17.6 Å². The Balaban J connectivity index is 1.68. The highest BCUT2D eigenvalue weighted by Gasteiger charge is 2.28. The van der Waals surface area contributed by atoms with Gasteiger partial charge in [-0.05, 0) is 37.7 Å². The van der Waals surface area contributed by atoms with Crippen LogP contribution in [0, 0.1) is 11.7 Å². The second-order valence-corrected chi connectivity index (χ2v) is 9.20. The Morgan fingerprint density at radius 1 is 1.19 bits per heavy atom. The van der Waals surface area contributed by atoms with Gasteiger partial charge in [0.2, 0.25) is 0 Å². The first-order valence-electron chi connectivity index (χ1n) is 9.31. The van der Waals surface area contributed by atoms with Crippen LogP contribution in [0.4, 0.5) is 4.39 Å². The van der Waals surface area contributed by atoms with E-state index in [1.54, 1.807) is 0 Å². The molecule has 1 amide bonds. The van der Waals surface area contributed by atoms with Crippen LogP contribution in [-0.2, 0) is 10.2 Å². The summed E-state index contributed by atoms with van der Waals surface area (Å²) in [6.45, 7) is 1.15. The molecule has 1 aromatic carbocycles. The van der Waals surface area contributed by atoms with Gasteiger partial charge in [-0.25, -0.2) is 9.11 Å². The van der Waals surface area contributed by atoms with Crippen molar-refractivity contribution in [3.63, 3.8) is 0 Å². The first-order valence-corrected chi connectivity index (χ1v) is 11.1. The third-order valence-electron chi connectivity index (χ3n) is 5.09. The molecule has 0 aromatic heterocycles. The predicted molar refractivity (Wildman–Crippen MR) is 101 cm³/mol. The molecule has 150 valence electrons. The molecule has 1 aliphatic heterocycles. The summed E-state index contributed by atoms with van der Waals surface area (Å²) in [5, 5.41) is 0.0786. The molecule has 2 fully saturated rings. The van der Waals surface area contributed by atoms with Crippen LogP contribution in [0.15, 0.2) is 12.1 Å². The molecule has 3 rings (SSSR count). The summed E-state index contributed by atoms with van der Waals surface area (Å²) < 4.78 is 47.7. The van der Waals surface area contributed by atoms with E-state index in [0.29, 0.717) is 25.6 Å². The van der Waals surface area contributed by atoms with Gasteiger partial charge in [-0.1, -0.05) is 30.9 Å². The molecule has 2 aliphatic rings. The summed E-state index contributed by atoms with van der Waals surface area (Å²) in [4.78, 5) is 12.3. The Labute approximate surface area is 164 Å². The minimum absolute atomic E-state index is 0.0786. The number of carbonyl (C=O) groups excluding carboxylic acids is 1. The quantitative estimate of drug-likeness (QED) is 0.767. The lowest BCUT2D eigenvalue weighted by atomic mass is 10.1. The molecule has 1 saturated heterocycles.